The van der Waals surface area contributed by atoms with Gasteiger partial charge >= 0.3 is 0 Å². The molecule has 1 fully saturated rings. The summed E-state index contributed by atoms with van der Waals surface area (Å²) in [5, 5.41) is 10.5. The molecule has 90 valence electrons. The number of benzene rings is 1. The lowest BCUT2D eigenvalue weighted by molar-refractivity contribution is 0.260. The van der Waals surface area contributed by atoms with Gasteiger partial charge in [-0.2, -0.15) is 0 Å². The first-order valence-corrected chi connectivity index (χ1v) is 6.20. The van der Waals surface area contributed by atoms with Gasteiger partial charge in [-0.15, -0.1) is 12.4 Å². The molecule has 1 aliphatic carbocycles. The quantitative estimate of drug-likeness (QED) is 0.861. The van der Waals surface area contributed by atoms with Crippen molar-refractivity contribution in [2.24, 2.45) is 11.7 Å². The highest BCUT2D eigenvalue weighted by Gasteiger charge is 2.28. The highest BCUT2D eigenvalue weighted by Crippen LogP contribution is 2.42. The smallest absolute Gasteiger partial charge is 0.134 e. The predicted octanol–water partition coefficient (Wildman–Crippen LogP) is 4.03. The van der Waals surface area contributed by atoms with Crippen LogP contribution in [0.5, 0.6) is 5.75 Å². The third-order valence-corrected chi connectivity index (χ3v) is 3.90. The lowest BCUT2D eigenvalue weighted by atomic mass is 9.77. The van der Waals surface area contributed by atoms with Crippen LogP contribution in [0.25, 0.3) is 0 Å². The molecule has 0 bridgehead atoms. The van der Waals surface area contributed by atoms with Gasteiger partial charge in [-0.1, -0.05) is 18.0 Å². The van der Waals surface area contributed by atoms with Crippen LogP contribution in [0.2, 0.25) is 5.02 Å². The second-order valence-corrected chi connectivity index (χ2v) is 5.33. The molecule has 3 N–H and O–H groups in total. The van der Waals surface area contributed by atoms with Gasteiger partial charge in [0, 0.05) is 16.6 Å². The van der Waals surface area contributed by atoms with E-state index in [-0.39, 0.29) is 24.2 Å². The summed E-state index contributed by atoms with van der Waals surface area (Å²) in [5.41, 5.74) is 6.85. The Morgan fingerprint density at radius 3 is 2.56 bits per heavy atom. The molecule has 0 spiro atoms. The van der Waals surface area contributed by atoms with Gasteiger partial charge in [-0.05, 0) is 46.8 Å². The Balaban J connectivity index is 0.00000128. The van der Waals surface area contributed by atoms with Crippen LogP contribution in [0.1, 0.15) is 30.9 Å². The minimum absolute atomic E-state index is 0. The van der Waals surface area contributed by atoms with E-state index in [0.717, 1.165) is 18.4 Å². The minimum atomic E-state index is -0.103. The zero-order valence-corrected chi connectivity index (χ0v) is 11.8. The molecule has 1 aromatic rings. The van der Waals surface area contributed by atoms with Crippen molar-refractivity contribution in [3.8, 4) is 5.75 Å². The van der Waals surface area contributed by atoms with E-state index in [9.17, 15) is 5.11 Å². The summed E-state index contributed by atoms with van der Waals surface area (Å²) in [7, 11) is 0. The number of rotatable bonds is 2. The molecular weight excluding hydrogens is 313 g/mol. The molecule has 1 aliphatic rings. The first-order chi connectivity index (χ1) is 7.09. The summed E-state index contributed by atoms with van der Waals surface area (Å²) in [4.78, 5) is 0. The fourth-order valence-electron chi connectivity index (χ4n) is 1.89. The van der Waals surface area contributed by atoms with E-state index in [1.54, 1.807) is 12.1 Å². The molecule has 0 amide bonds. The molecule has 16 heavy (non-hydrogen) atoms. The summed E-state index contributed by atoms with van der Waals surface area (Å²) < 4.78 is 0.611. The predicted molar refractivity (Wildman–Crippen MR) is 72.3 cm³/mol. The maximum atomic E-state index is 9.88. The average Bonchev–Trinajstić information content (AvgIpc) is 2.08. The van der Waals surface area contributed by atoms with E-state index in [1.807, 2.05) is 0 Å². The summed E-state index contributed by atoms with van der Waals surface area (Å²) >= 11 is 9.20. The molecule has 1 atom stereocenters. The number of phenols is 1. The Kier molecular flexibility index (Phi) is 4.92. The number of hydrogen-bond donors (Lipinski definition) is 2. The maximum absolute atomic E-state index is 9.88. The van der Waals surface area contributed by atoms with Gasteiger partial charge in [0.05, 0.1) is 4.47 Å². The van der Waals surface area contributed by atoms with Crippen molar-refractivity contribution >= 4 is 39.9 Å². The van der Waals surface area contributed by atoms with Gasteiger partial charge in [0.2, 0.25) is 0 Å². The molecule has 0 heterocycles. The lowest BCUT2D eigenvalue weighted by Gasteiger charge is -2.32. The fraction of sp³-hybridized carbons (Fsp3) is 0.455. The molecular formula is C11H14BrCl2NO. The van der Waals surface area contributed by atoms with Crippen molar-refractivity contribution in [2.45, 2.75) is 25.3 Å². The molecule has 0 radical (unpaired) electrons. The third-order valence-electron chi connectivity index (χ3n) is 3.07. The van der Waals surface area contributed by atoms with E-state index < -0.39 is 0 Å². The van der Waals surface area contributed by atoms with Gasteiger partial charge in [0.15, 0.2) is 0 Å². The standard InChI is InChI=1S/C11H13BrClNO.ClH/c12-9-5-7(13)4-8(11(9)15)10(14)6-2-1-3-6;/h4-6,10,15H,1-3,14H2;1H/t10-;/m1./s1. The van der Waals surface area contributed by atoms with Crippen molar-refractivity contribution in [2.75, 3.05) is 0 Å². The molecule has 0 unspecified atom stereocenters. The highest BCUT2D eigenvalue weighted by molar-refractivity contribution is 9.10. The second kappa shape index (κ2) is 5.58. The van der Waals surface area contributed by atoms with Crippen LogP contribution >= 0.6 is 39.9 Å². The monoisotopic (exact) mass is 325 g/mol. The van der Waals surface area contributed by atoms with E-state index >= 15 is 0 Å². The fourth-order valence-corrected chi connectivity index (χ4v) is 2.73. The summed E-state index contributed by atoms with van der Waals surface area (Å²) in [6.45, 7) is 0. The third kappa shape index (κ3) is 2.65. The Hall–Kier alpha value is 0.0400. The largest absolute Gasteiger partial charge is 0.506 e. The molecule has 0 aromatic heterocycles. The van der Waals surface area contributed by atoms with E-state index in [4.69, 9.17) is 17.3 Å². The number of phenolic OH excluding ortho intramolecular Hbond substituents is 1. The summed E-state index contributed by atoms with van der Waals surface area (Å²) in [5.74, 6) is 0.708. The second-order valence-electron chi connectivity index (χ2n) is 4.04. The molecule has 2 rings (SSSR count). The Morgan fingerprint density at radius 2 is 2.06 bits per heavy atom. The summed E-state index contributed by atoms with van der Waals surface area (Å²) in [6, 6.07) is 3.33. The van der Waals surface area contributed by atoms with Gasteiger partial charge in [-0.3, -0.25) is 0 Å². The zero-order valence-electron chi connectivity index (χ0n) is 8.62. The van der Waals surface area contributed by atoms with E-state index in [0.29, 0.717) is 15.4 Å². The maximum Gasteiger partial charge on any atom is 0.134 e. The Morgan fingerprint density at radius 1 is 1.44 bits per heavy atom. The van der Waals surface area contributed by atoms with Crippen LogP contribution in [0.15, 0.2) is 16.6 Å². The number of nitrogens with two attached hydrogens (primary N) is 1. The first-order valence-electron chi connectivity index (χ1n) is 5.03. The van der Waals surface area contributed by atoms with E-state index in [1.165, 1.54) is 6.42 Å². The van der Waals surface area contributed by atoms with Crippen molar-refractivity contribution < 1.29 is 5.11 Å². The topological polar surface area (TPSA) is 46.2 Å². The van der Waals surface area contributed by atoms with Crippen molar-refractivity contribution in [3.05, 3.63) is 27.2 Å². The van der Waals surface area contributed by atoms with Crippen LogP contribution in [0.3, 0.4) is 0 Å². The number of hydrogen-bond acceptors (Lipinski definition) is 2. The van der Waals surface area contributed by atoms with Crippen molar-refractivity contribution in [1.82, 2.24) is 0 Å². The molecule has 1 aromatic carbocycles. The van der Waals surface area contributed by atoms with Crippen LogP contribution < -0.4 is 5.73 Å². The molecule has 1 saturated carbocycles. The SMILES string of the molecule is Cl.N[C@@H](c1cc(Cl)cc(Br)c1O)C1CCC1. The van der Waals surface area contributed by atoms with E-state index in [2.05, 4.69) is 15.9 Å². The lowest BCUT2D eigenvalue weighted by Crippen LogP contribution is -2.26. The molecule has 5 heteroatoms. The molecule has 0 aliphatic heterocycles. The van der Waals surface area contributed by atoms with Crippen LogP contribution in [0, 0.1) is 5.92 Å². The summed E-state index contributed by atoms with van der Waals surface area (Å²) in [6.07, 6.45) is 3.52. The van der Waals surface area contributed by atoms with Crippen LogP contribution in [-0.2, 0) is 0 Å². The van der Waals surface area contributed by atoms with Crippen molar-refractivity contribution in [1.29, 1.82) is 0 Å². The minimum Gasteiger partial charge on any atom is -0.506 e. The first kappa shape index (κ1) is 14.1. The Bertz CT molecular complexity index is 382. The number of aromatic hydroxyl groups is 1. The van der Waals surface area contributed by atoms with Crippen LogP contribution in [-0.4, -0.2) is 5.11 Å². The van der Waals surface area contributed by atoms with Gasteiger partial charge < -0.3 is 10.8 Å². The van der Waals surface area contributed by atoms with Gasteiger partial charge in [0.1, 0.15) is 5.75 Å². The molecule has 2 nitrogen and oxygen atoms in total. The highest BCUT2D eigenvalue weighted by atomic mass is 79.9. The average molecular weight is 327 g/mol. The molecule has 0 saturated heterocycles. The zero-order chi connectivity index (χ0) is 11.0. The normalized spacial score (nSPS) is 17.4. The van der Waals surface area contributed by atoms with Crippen molar-refractivity contribution in [3.63, 3.8) is 0 Å². The number of halogens is 3. The Labute approximate surface area is 115 Å². The van der Waals surface area contributed by atoms with Crippen LogP contribution in [0.4, 0.5) is 0 Å². The van der Waals surface area contributed by atoms with Gasteiger partial charge in [-0.25, -0.2) is 0 Å². The van der Waals surface area contributed by atoms with Gasteiger partial charge in [0.25, 0.3) is 0 Å².